The van der Waals surface area contributed by atoms with Crippen LogP contribution in [0.25, 0.3) is 0 Å². The molecule has 0 aromatic heterocycles. The van der Waals surface area contributed by atoms with Crippen molar-refractivity contribution in [2.24, 2.45) is 5.73 Å². The van der Waals surface area contributed by atoms with Crippen LogP contribution in [0, 0.1) is 0 Å². The fourth-order valence-corrected chi connectivity index (χ4v) is 3.48. The SMILES string of the molecule is CC(N)C(=O)N1CCN(CC(=O)N2CCCc3ccccc32)CC1.Cl. The number of para-hydroxylation sites is 1. The summed E-state index contributed by atoms with van der Waals surface area (Å²) in [5, 5.41) is 0. The fourth-order valence-electron chi connectivity index (χ4n) is 3.48. The highest BCUT2D eigenvalue weighted by atomic mass is 35.5. The summed E-state index contributed by atoms with van der Waals surface area (Å²) in [4.78, 5) is 30.5. The van der Waals surface area contributed by atoms with Crippen molar-refractivity contribution < 1.29 is 9.59 Å². The second-order valence-corrected chi connectivity index (χ2v) is 6.67. The number of hydrogen-bond donors (Lipinski definition) is 1. The van der Waals surface area contributed by atoms with E-state index in [1.54, 1.807) is 11.8 Å². The van der Waals surface area contributed by atoms with Crippen LogP contribution < -0.4 is 10.6 Å². The standard InChI is InChI=1S/C18H26N4O2.ClH/c1-14(19)18(24)21-11-9-20(10-12-21)13-17(23)22-8-4-6-15-5-2-3-7-16(15)22;/h2-3,5,7,14H,4,6,8-13,19H2,1H3;1H. The van der Waals surface area contributed by atoms with Crippen molar-refractivity contribution >= 4 is 29.9 Å². The minimum atomic E-state index is -0.456. The van der Waals surface area contributed by atoms with Crippen LogP contribution in [0.15, 0.2) is 24.3 Å². The summed E-state index contributed by atoms with van der Waals surface area (Å²) in [7, 11) is 0. The molecule has 1 fully saturated rings. The van der Waals surface area contributed by atoms with Crippen molar-refractivity contribution in [2.45, 2.75) is 25.8 Å². The van der Waals surface area contributed by atoms with Gasteiger partial charge in [0.1, 0.15) is 0 Å². The normalized spacial score (nSPS) is 19.0. The Kier molecular flexibility index (Phi) is 6.81. The molecule has 0 radical (unpaired) electrons. The molecule has 7 heteroatoms. The lowest BCUT2D eigenvalue weighted by Crippen LogP contribution is -2.54. The lowest BCUT2D eigenvalue weighted by Gasteiger charge is -2.37. The molecule has 25 heavy (non-hydrogen) atoms. The quantitative estimate of drug-likeness (QED) is 0.862. The minimum absolute atomic E-state index is 0. The Morgan fingerprint density at radius 3 is 2.48 bits per heavy atom. The van der Waals surface area contributed by atoms with Crippen molar-refractivity contribution in [1.29, 1.82) is 0 Å². The Hall–Kier alpha value is -1.63. The predicted octanol–water partition coefficient (Wildman–Crippen LogP) is 0.879. The van der Waals surface area contributed by atoms with E-state index in [9.17, 15) is 9.59 Å². The van der Waals surface area contributed by atoms with Crippen LogP contribution in [0.1, 0.15) is 18.9 Å². The zero-order valence-corrected chi connectivity index (χ0v) is 15.5. The van der Waals surface area contributed by atoms with E-state index in [1.165, 1.54) is 5.56 Å². The number of anilines is 1. The van der Waals surface area contributed by atoms with Gasteiger partial charge in [-0.2, -0.15) is 0 Å². The molecule has 138 valence electrons. The van der Waals surface area contributed by atoms with E-state index < -0.39 is 6.04 Å². The molecule has 2 aliphatic heterocycles. The number of carbonyl (C=O) groups excluding carboxylic acids is 2. The van der Waals surface area contributed by atoms with Crippen molar-refractivity contribution in [1.82, 2.24) is 9.80 Å². The number of piperazine rings is 1. The van der Waals surface area contributed by atoms with Gasteiger partial charge < -0.3 is 15.5 Å². The highest BCUT2D eigenvalue weighted by molar-refractivity contribution is 5.96. The molecule has 0 aliphatic carbocycles. The van der Waals surface area contributed by atoms with Gasteiger partial charge in [0.05, 0.1) is 12.6 Å². The molecule has 3 rings (SSSR count). The zero-order chi connectivity index (χ0) is 17.1. The Labute approximate surface area is 155 Å². The van der Waals surface area contributed by atoms with E-state index in [1.807, 2.05) is 23.1 Å². The highest BCUT2D eigenvalue weighted by Crippen LogP contribution is 2.26. The van der Waals surface area contributed by atoms with Gasteiger partial charge in [0.15, 0.2) is 0 Å². The molecule has 0 bridgehead atoms. The first-order chi connectivity index (χ1) is 11.6. The number of fused-ring (bicyclic) bond motifs is 1. The zero-order valence-electron chi connectivity index (χ0n) is 14.7. The van der Waals surface area contributed by atoms with Crippen LogP contribution in [-0.4, -0.2) is 66.9 Å². The van der Waals surface area contributed by atoms with Gasteiger partial charge in [-0.25, -0.2) is 0 Å². The molecule has 2 N–H and O–H groups in total. The Morgan fingerprint density at radius 2 is 1.80 bits per heavy atom. The number of aryl methyl sites for hydroxylation is 1. The molecule has 1 atom stereocenters. The average molecular weight is 367 g/mol. The third-order valence-corrected chi connectivity index (χ3v) is 4.84. The molecule has 1 unspecified atom stereocenters. The van der Waals surface area contributed by atoms with E-state index in [2.05, 4.69) is 11.0 Å². The van der Waals surface area contributed by atoms with Crippen molar-refractivity contribution in [3.8, 4) is 0 Å². The molecule has 2 aliphatic rings. The van der Waals surface area contributed by atoms with Crippen molar-refractivity contribution in [3.05, 3.63) is 29.8 Å². The maximum absolute atomic E-state index is 12.7. The summed E-state index contributed by atoms with van der Waals surface area (Å²) in [5.74, 6) is 0.139. The third kappa shape index (κ3) is 4.51. The van der Waals surface area contributed by atoms with Gasteiger partial charge >= 0.3 is 0 Å². The van der Waals surface area contributed by atoms with Gasteiger partial charge in [0, 0.05) is 38.4 Å². The lowest BCUT2D eigenvalue weighted by molar-refractivity contribution is -0.134. The van der Waals surface area contributed by atoms with Crippen LogP contribution >= 0.6 is 12.4 Å². The first kappa shape index (κ1) is 19.7. The van der Waals surface area contributed by atoms with Crippen molar-refractivity contribution in [2.75, 3.05) is 44.2 Å². The Bertz CT molecular complexity index is 615. The van der Waals surface area contributed by atoms with Crippen LogP contribution in [0.4, 0.5) is 5.69 Å². The number of hydrogen-bond acceptors (Lipinski definition) is 4. The largest absolute Gasteiger partial charge is 0.339 e. The van der Waals surface area contributed by atoms with Gasteiger partial charge in [-0.3, -0.25) is 14.5 Å². The van der Waals surface area contributed by atoms with Gasteiger partial charge in [-0.05, 0) is 31.4 Å². The molecule has 2 heterocycles. The molecule has 1 aromatic rings. The molecule has 1 saturated heterocycles. The molecule has 6 nitrogen and oxygen atoms in total. The first-order valence-electron chi connectivity index (χ1n) is 8.71. The van der Waals surface area contributed by atoms with E-state index >= 15 is 0 Å². The van der Waals surface area contributed by atoms with Crippen LogP contribution in [0.5, 0.6) is 0 Å². The van der Waals surface area contributed by atoms with E-state index in [0.717, 1.165) is 38.2 Å². The summed E-state index contributed by atoms with van der Waals surface area (Å²) in [6.07, 6.45) is 2.05. The molecular formula is C18H27ClN4O2. The maximum atomic E-state index is 12.7. The van der Waals surface area contributed by atoms with Gasteiger partial charge in [-0.1, -0.05) is 18.2 Å². The number of benzene rings is 1. The van der Waals surface area contributed by atoms with Gasteiger partial charge in [0.2, 0.25) is 11.8 Å². The minimum Gasteiger partial charge on any atom is -0.339 e. The number of nitrogens with two attached hydrogens (primary N) is 1. The Morgan fingerprint density at radius 1 is 1.12 bits per heavy atom. The number of amides is 2. The summed E-state index contributed by atoms with van der Waals surface area (Å²) in [6.45, 7) is 5.65. The molecule has 0 spiro atoms. The predicted molar refractivity (Wildman–Crippen MR) is 101 cm³/mol. The highest BCUT2D eigenvalue weighted by Gasteiger charge is 2.27. The molecule has 1 aromatic carbocycles. The smallest absolute Gasteiger partial charge is 0.241 e. The first-order valence-corrected chi connectivity index (χ1v) is 8.71. The average Bonchev–Trinajstić information content (AvgIpc) is 2.61. The summed E-state index contributed by atoms with van der Waals surface area (Å²) >= 11 is 0. The number of carbonyl (C=O) groups is 2. The van der Waals surface area contributed by atoms with E-state index in [0.29, 0.717) is 19.6 Å². The number of nitrogens with zero attached hydrogens (tertiary/aromatic N) is 3. The monoisotopic (exact) mass is 366 g/mol. The second-order valence-electron chi connectivity index (χ2n) is 6.67. The van der Waals surface area contributed by atoms with Gasteiger partial charge in [0.25, 0.3) is 0 Å². The van der Waals surface area contributed by atoms with Crippen LogP contribution in [0.3, 0.4) is 0 Å². The maximum Gasteiger partial charge on any atom is 0.241 e. The van der Waals surface area contributed by atoms with Gasteiger partial charge in [-0.15, -0.1) is 12.4 Å². The molecule has 0 saturated carbocycles. The van der Waals surface area contributed by atoms with Crippen LogP contribution in [0.2, 0.25) is 0 Å². The summed E-state index contributed by atoms with van der Waals surface area (Å²) in [6, 6.07) is 7.70. The number of rotatable bonds is 3. The van der Waals surface area contributed by atoms with Crippen LogP contribution in [-0.2, 0) is 16.0 Å². The lowest BCUT2D eigenvalue weighted by atomic mass is 10.0. The third-order valence-electron chi connectivity index (χ3n) is 4.84. The van der Waals surface area contributed by atoms with E-state index in [4.69, 9.17) is 5.73 Å². The van der Waals surface area contributed by atoms with E-state index in [-0.39, 0.29) is 24.2 Å². The summed E-state index contributed by atoms with van der Waals surface area (Å²) in [5.41, 5.74) is 7.97. The fraction of sp³-hybridized carbons (Fsp3) is 0.556. The molecular weight excluding hydrogens is 340 g/mol. The Balaban J connectivity index is 0.00000225. The number of halogens is 1. The molecule has 2 amide bonds. The second kappa shape index (κ2) is 8.65. The van der Waals surface area contributed by atoms with Crippen molar-refractivity contribution in [3.63, 3.8) is 0 Å². The summed E-state index contributed by atoms with van der Waals surface area (Å²) < 4.78 is 0. The topological polar surface area (TPSA) is 69.9 Å².